The van der Waals surface area contributed by atoms with E-state index in [2.05, 4.69) is 16.0 Å². The molecular formula is C21H22FN3O4. The predicted octanol–water partition coefficient (Wildman–Crippen LogP) is 2.03. The summed E-state index contributed by atoms with van der Waals surface area (Å²) in [7, 11) is 0. The summed E-state index contributed by atoms with van der Waals surface area (Å²) in [5.74, 6) is 0.0883. The summed E-state index contributed by atoms with van der Waals surface area (Å²) in [5, 5.41) is 8.86. The van der Waals surface area contributed by atoms with Crippen LogP contribution in [0.25, 0.3) is 0 Å². The molecule has 0 radical (unpaired) electrons. The van der Waals surface area contributed by atoms with Gasteiger partial charge in [-0.25, -0.2) is 4.39 Å². The largest absolute Gasteiger partial charge is 0.454 e. The van der Waals surface area contributed by atoms with Gasteiger partial charge in [-0.05, 0) is 48.4 Å². The van der Waals surface area contributed by atoms with Crippen LogP contribution in [-0.2, 0) is 16.1 Å². The minimum Gasteiger partial charge on any atom is -0.454 e. The van der Waals surface area contributed by atoms with E-state index in [-0.39, 0.29) is 36.3 Å². The Morgan fingerprint density at radius 2 is 1.72 bits per heavy atom. The number of anilines is 1. The van der Waals surface area contributed by atoms with Crippen molar-refractivity contribution in [2.24, 2.45) is 11.8 Å². The second kappa shape index (κ2) is 8.48. The Kier molecular flexibility index (Phi) is 5.62. The number of amides is 2. The first-order valence-corrected chi connectivity index (χ1v) is 9.52. The molecule has 4 rings (SSSR count). The van der Waals surface area contributed by atoms with Gasteiger partial charge in [0.1, 0.15) is 5.82 Å². The van der Waals surface area contributed by atoms with E-state index in [9.17, 15) is 14.0 Å². The Morgan fingerprint density at radius 3 is 2.52 bits per heavy atom. The number of hydrogen-bond acceptors (Lipinski definition) is 5. The fourth-order valence-corrected chi connectivity index (χ4v) is 3.50. The van der Waals surface area contributed by atoms with Gasteiger partial charge in [0.05, 0.1) is 11.8 Å². The van der Waals surface area contributed by atoms with E-state index in [1.54, 1.807) is 0 Å². The molecule has 29 heavy (non-hydrogen) atoms. The minimum absolute atomic E-state index is 0.102. The molecule has 3 N–H and O–H groups in total. The van der Waals surface area contributed by atoms with Crippen molar-refractivity contribution < 1.29 is 23.5 Å². The number of nitrogens with one attached hydrogen (secondary N) is 3. The van der Waals surface area contributed by atoms with Crippen LogP contribution in [0.1, 0.15) is 12.0 Å². The Bertz CT molecular complexity index is 903. The Morgan fingerprint density at radius 1 is 1.00 bits per heavy atom. The summed E-state index contributed by atoms with van der Waals surface area (Å²) in [4.78, 5) is 25.1. The van der Waals surface area contributed by atoms with Crippen LogP contribution in [0, 0.1) is 17.7 Å². The van der Waals surface area contributed by atoms with Crippen molar-refractivity contribution in [3.63, 3.8) is 0 Å². The number of carbonyl (C=O) groups is 2. The van der Waals surface area contributed by atoms with Crippen LogP contribution < -0.4 is 25.4 Å². The first-order valence-electron chi connectivity index (χ1n) is 9.52. The first kappa shape index (κ1) is 19.2. The molecule has 0 spiro atoms. The molecule has 152 valence electrons. The fourth-order valence-electron chi connectivity index (χ4n) is 3.50. The van der Waals surface area contributed by atoms with Crippen LogP contribution in [0.5, 0.6) is 11.5 Å². The van der Waals surface area contributed by atoms with Gasteiger partial charge in [0.15, 0.2) is 11.5 Å². The van der Waals surface area contributed by atoms with Gasteiger partial charge in [-0.3, -0.25) is 9.59 Å². The zero-order chi connectivity index (χ0) is 20.2. The standard InChI is InChI=1S/C21H22FN3O4/c22-16-2-4-17(5-3-16)25-21(27)15-8-14(10-23-11-15)20(26)24-9-13-1-6-18-19(7-13)29-12-28-18/h1-7,14-15,23H,8-12H2,(H,24,26)(H,25,27)/t14-,15+/m0/s1. The number of benzene rings is 2. The van der Waals surface area contributed by atoms with E-state index >= 15 is 0 Å². The molecule has 2 atom stereocenters. The summed E-state index contributed by atoms with van der Waals surface area (Å²) < 4.78 is 23.6. The second-order valence-corrected chi connectivity index (χ2v) is 7.19. The van der Waals surface area contributed by atoms with E-state index < -0.39 is 0 Å². The summed E-state index contributed by atoms with van der Waals surface area (Å²) in [6.07, 6.45) is 0.451. The lowest BCUT2D eigenvalue weighted by Crippen LogP contribution is -2.47. The number of halogens is 1. The van der Waals surface area contributed by atoms with Gasteiger partial charge >= 0.3 is 0 Å². The van der Waals surface area contributed by atoms with Crippen molar-refractivity contribution in [3.05, 3.63) is 53.8 Å². The quantitative estimate of drug-likeness (QED) is 0.716. The summed E-state index contributed by atoms with van der Waals surface area (Å²) in [6, 6.07) is 11.2. The molecule has 2 aromatic rings. The SMILES string of the molecule is O=C(NCc1ccc2c(c1)OCO2)[C@@H]1CNC[C@H](C(=O)Nc2ccc(F)cc2)C1. The fraction of sp³-hybridized carbons (Fsp3) is 0.333. The molecular weight excluding hydrogens is 377 g/mol. The minimum atomic E-state index is -0.360. The molecule has 0 saturated carbocycles. The van der Waals surface area contributed by atoms with Crippen molar-refractivity contribution in [2.75, 3.05) is 25.2 Å². The summed E-state index contributed by atoms with van der Waals surface area (Å²) in [6.45, 7) is 1.60. The third kappa shape index (κ3) is 4.65. The molecule has 0 unspecified atom stereocenters. The predicted molar refractivity (Wildman–Crippen MR) is 104 cm³/mol. The highest BCUT2D eigenvalue weighted by Crippen LogP contribution is 2.32. The van der Waals surface area contributed by atoms with Crippen LogP contribution in [0.15, 0.2) is 42.5 Å². The molecule has 8 heteroatoms. The van der Waals surface area contributed by atoms with Crippen molar-refractivity contribution >= 4 is 17.5 Å². The number of fused-ring (bicyclic) bond motifs is 1. The average Bonchev–Trinajstić information content (AvgIpc) is 3.21. The number of piperidine rings is 1. The van der Waals surface area contributed by atoms with Gasteiger partial charge in [0, 0.05) is 25.3 Å². The molecule has 0 aromatic heterocycles. The zero-order valence-electron chi connectivity index (χ0n) is 15.7. The van der Waals surface area contributed by atoms with Gasteiger partial charge in [0.2, 0.25) is 18.6 Å². The maximum Gasteiger partial charge on any atom is 0.231 e. The van der Waals surface area contributed by atoms with Gasteiger partial charge in [-0.15, -0.1) is 0 Å². The lowest BCUT2D eigenvalue weighted by Gasteiger charge is -2.28. The highest BCUT2D eigenvalue weighted by molar-refractivity contribution is 5.93. The normalized spacial score (nSPS) is 20.2. The average molecular weight is 399 g/mol. The lowest BCUT2D eigenvalue weighted by molar-refractivity contribution is -0.127. The Balaban J connectivity index is 1.29. The van der Waals surface area contributed by atoms with Gasteiger partial charge in [-0.2, -0.15) is 0 Å². The molecule has 2 aromatic carbocycles. The zero-order valence-corrected chi connectivity index (χ0v) is 15.7. The van der Waals surface area contributed by atoms with Gasteiger partial charge in [0.25, 0.3) is 0 Å². The second-order valence-electron chi connectivity index (χ2n) is 7.19. The van der Waals surface area contributed by atoms with E-state index in [1.807, 2.05) is 18.2 Å². The topological polar surface area (TPSA) is 88.7 Å². The molecule has 1 saturated heterocycles. The Labute approximate surface area is 167 Å². The summed E-state index contributed by atoms with van der Waals surface area (Å²) >= 11 is 0. The van der Waals surface area contributed by atoms with Crippen molar-refractivity contribution in [3.8, 4) is 11.5 Å². The van der Waals surface area contributed by atoms with Crippen LogP contribution in [-0.4, -0.2) is 31.7 Å². The molecule has 0 bridgehead atoms. The van der Waals surface area contributed by atoms with Crippen molar-refractivity contribution in [1.82, 2.24) is 10.6 Å². The van der Waals surface area contributed by atoms with Crippen molar-refractivity contribution in [2.45, 2.75) is 13.0 Å². The molecule has 2 aliphatic rings. The third-order valence-electron chi connectivity index (χ3n) is 5.11. The number of hydrogen-bond donors (Lipinski definition) is 3. The van der Waals surface area contributed by atoms with Gasteiger partial charge in [-0.1, -0.05) is 6.07 Å². The van der Waals surface area contributed by atoms with Crippen LogP contribution in [0.2, 0.25) is 0 Å². The monoisotopic (exact) mass is 399 g/mol. The van der Waals surface area contributed by atoms with Crippen LogP contribution >= 0.6 is 0 Å². The number of carbonyl (C=O) groups excluding carboxylic acids is 2. The first-order chi connectivity index (χ1) is 14.1. The van der Waals surface area contributed by atoms with E-state index in [4.69, 9.17) is 9.47 Å². The van der Waals surface area contributed by atoms with E-state index in [1.165, 1.54) is 24.3 Å². The van der Waals surface area contributed by atoms with Crippen molar-refractivity contribution in [1.29, 1.82) is 0 Å². The van der Waals surface area contributed by atoms with Crippen LogP contribution in [0.3, 0.4) is 0 Å². The number of ether oxygens (including phenoxy) is 2. The van der Waals surface area contributed by atoms with E-state index in [0.717, 1.165) is 5.56 Å². The summed E-state index contributed by atoms with van der Waals surface area (Å²) in [5.41, 5.74) is 1.45. The molecule has 2 aliphatic heterocycles. The molecule has 2 amide bonds. The molecule has 2 heterocycles. The van der Waals surface area contributed by atoms with Crippen LogP contribution in [0.4, 0.5) is 10.1 Å². The number of rotatable bonds is 5. The smallest absolute Gasteiger partial charge is 0.231 e. The highest BCUT2D eigenvalue weighted by Gasteiger charge is 2.31. The molecule has 1 fully saturated rings. The van der Waals surface area contributed by atoms with Gasteiger partial charge < -0.3 is 25.4 Å². The maximum absolute atomic E-state index is 13.0. The molecule has 7 nitrogen and oxygen atoms in total. The highest BCUT2D eigenvalue weighted by atomic mass is 19.1. The maximum atomic E-state index is 13.0. The molecule has 0 aliphatic carbocycles. The van der Waals surface area contributed by atoms with E-state index in [0.29, 0.717) is 43.2 Å². The Hall–Kier alpha value is -3.13. The lowest BCUT2D eigenvalue weighted by atomic mass is 9.89. The third-order valence-corrected chi connectivity index (χ3v) is 5.11.